The predicted octanol–water partition coefficient (Wildman–Crippen LogP) is 3.12. The van der Waals surface area contributed by atoms with Gasteiger partial charge in [-0.25, -0.2) is 0 Å². The highest BCUT2D eigenvalue weighted by Gasteiger charge is 2.34. The second-order valence-corrected chi connectivity index (χ2v) is 6.58. The van der Waals surface area contributed by atoms with Crippen LogP contribution in [0.5, 0.6) is 5.75 Å². The highest BCUT2D eigenvalue weighted by Crippen LogP contribution is 2.35. The van der Waals surface area contributed by atoms with Gasteiger partial charge in [-0.05, 0) is 49.9 Å². The van der Waals surface area contributed by atoms with E-state index in [1.807, 2.05) is 12.1 Å². The van der Waals surface area contributed by atoms with Crippen molar-refractivity contribution in [2.24, 2.45) is 0 Å². The van der Waals surface area contributed by atoms with Gasteiger partial charge in [0.2, 0.25) is 0 Å². The van der Waals surface area contributed by atoms with Crippen molar-refractivity contribution >= 4 is 0 Å². The van der Waals surface area contributed by atoms with Crippen LogP contribution in [0.1, 0.15) is 38.2 Å². The first-order valence-electron chi connectivity index (χ1n) is 8.74. The minimum Gasteiger partial charge on any atom is -0.490 e. The zero-order valence-corrected chi connectivity index (χ0v) is 14.0. The molecule has 4 heteroatoms. The third-order valence-electron chi connectivity index (χ3n) is 5.25. The highest BCUT2D eigenvalue weighted by atomic mass is 16.5. The van der Waals surface area contributed by atoms with E-state index in [-0.39, 0.29) is 5.41 Å². The van der Waals surface area contributed by atoms with Gasteiger partial charge in [-0.15, -0.1) is 0 Å². The molecule has 1 aromatic carbocycles. The summed E-state index contributed by atoms with van der Waals surface area (Å²) in [5.41, 5.74) is 0.708. The number of hydrogen-bond donors (Lipinski definition) is 0. The van der Waals surface area contributed by atoms with Crippen LogP contribution < -0.4 is 4.74 Å². The van der Waals surface area contributed by atoms with Crippen molar-refractivity contribution in [3.63, 3.8) is 0 Å². The first kappa shape index (κ1) is 16.3. The lowest BCUT2D eigenvalue weighted by Crippen LogP contribution is -2.38. The van der Waals surface area contributed by atoms with E-state index < -0.39 is 0 Å². The highest BCUT2D eigenvalue weighted by molar-refractivity contribution is 5.37. The maximum atomic E-state index is 9.63. The summed E-state index contributed by atoms with van der Waals surface area (Å²) in [6.07, 6.45) is 4.05. The van der Waals surface area contributed by atoms with Crippen LogP contribution in [0.15, 0.2) is 24.3 Å². The maximum Gasteiger partial charge on any atom is 0.119 e. The summed E-state index contributed by atoms with van der Waals surface area (Å²) < 4.78 is 11.5. The average molecular weight is 314 g/mol. The van der Waals surface area contributed by atoms with Crippen LogP contribution in [0, 0.1) is 11.3 Å². The van der Waals surface area contributed by atoms with Crippen LogP contribution in [-0.2, 0) is 10.2 Å². The number of hydrogen-bond acceptors (Lipinski definition) is 4. The van der Waals surface area contributed by atoms with Crippen LogP contribution in [0.3, 0.4) is 0 Å². The fraction of sp³-hybridized carbons (Fsp3) is 0.632. The van der Waals surface area contributed by atoms with Crippen LogP contribution in [-0.4, -0.2) is 43.9 Å². The molecule has 0 aliphatic carbocycles. The molecule has 0 N–H and O–H groups in total. The number of nitrogens with zero attached hydrogens (tertiary/aromatic N) is 2. The number of piperidine rings is 1. The third kappa shape index (κ3) is 3.68. The molecule has 0 unspecified atom stereocenters. The summed E-state index contributed by atoms with van der Waals surface area (Å²) in [7, 11) is 0. The molecule has 1 aromatic rings. The molecule has 0 aromatic heterocycles. The van der Waals surface area contributed by atoms with Gasteiger partial charge >= 0.3 is 0 Å². The summed E-state index contributed by atoms with van der Waals surface area (Å²) in [5, 5.41) is 9.63. The van der Waals surface area contributed by atoms with Crippen LogP contribution >= 0.6 is 0 Å². The van der Waals surface area contributed by atoms with Gasteiger partial charge < -0.3 is 14.4 Å². The zero-order chi connectivity index (χ0) is 16.1. The van der Waals surface area contributed by atoms with Crippen molar-refractivity contribution in [1.82, 2.24) is 4.90 Å². The minimum absolute atomic E-state index is 0.316. The van der Waals surface area contributed by atoms with Gasteiger partial charge in [0, 0.05) is 26.3 Å². The van der Waals surface area contributed by atoms with Crippen molar-refractivity contribution in [2.45, 2.75) is 44.1 Å². The van der Waals surface area contributed by atoms with Gasteiger partial charge in [0.1, 0.15) is 11.9 Å². The number of benzene rings is 1. The molecule has 2 aliphatic rings. The fourth-order valence-electron chi connectivity index (χ4n) is 3.57. The molecule has 0 saturated carbocycles. The summed E-state index contributed by atoms with van der Waals surface area (Å²) in [6, 6.07) is 10.7. The molecule has 2 fully saturated rings. The normalized spacial score (nSPS) is 22.4. The molecule has 0 amide bonds. The predicted molar refractivity (Wildman–Crippen MR) is 89.6 cm³/mol. The Hall–Kier alpha value is -1.57. The lowest BCUT2D eigenvalue weighted by molar-refractivity contribution is 0.0675. The quantitative estimate of drug-likeness (QED) is 0.856. The van der Waals surface area contributed by atoms with E-state index >= 15 is 0 Å². The Morgan fingerprint density at radius 3 is 2.43 bits per heavy atom. The summed E-state index contributed by atoms with van der Waals surface area (Å²) in [4.78, 5) is 2.46. The first-order chi connectivity index (χ1) is 11.3. The van der Waals surface area contributed by atoms with Crippen LogP contribution in [0.2, 0.25) is 0 Å². The number of rotatable bonds is 4. The number of likely N-dealkylation sites (tertiary alicyclic amines) is 1. The Morgan fingerprint density at radius 1 is 1.22 bits per heavy atom. The van der Waals surface area contributed by atoms with Crippen LogP contribution in [0.25, 0.3) is 0 Å². The van der Waals surface area contributed by atoms with E-state index in [4.69, 9.17) is 9.47 Å². The minimum atomic E-state index is -0.386. The lowest BCUT2D eigenvalue weighted by Gasteiger charge is -2.32. The van der Waals surface area contributed by atoms with Gasteiger partial charge in [0.05, 0.1) is 11.5 Å². The summed E-state index contributed by atoms with van der Waals surface area (Å²) >= 11 is 0. The van der Waals surface area contributed by atoms with E-state index in [9.17, 15) is 5.26 Å². The van der Waals surface area contributed by atoms with Gasteiger partial charge in [0.15, 0.2) is 0 Å². The van der Waals surface area contributed by atoms with Crippen molar-refractivity contribution in [1.29, 1.82) is 5.26 Å². The fourth-order valence-corrected chi connectivity index (χ4v) is 3.57. The van der Waals surface area contributed by atoms with Gasteiger partial charge in [-0.2, -0.15) is 5.26 Å². The Morgan fingerprint density at radius 2 is 1.87 bits per heavy atom. The Kier molecular flexibility index (Phi) is 5.20. The molecule has 0 radical (unpaired) electrons. The Labute approximate surface area is 139 Å². The van der Waals surface area contributed by atoms with Crippen molar-refractivity contribution < 1.29 is 9.47 Å². The molecule has 3 rings (SSSR count). The molecule has 23 heavy (non-hydrogen) atoms. The average Bonchev–Trinajstić information content (AvgIpc) is 2.63. The molecule has 0 spiro atoms. The summed E-state index contributed by atoms with van der Waals surface area (Å²) in [6.45, 7) is 6.92. The van der Waals surface area contributed by atoms with Crippen molar-refractivity contribution in [2.75, 3.05) is 32.8 Å². The van der Waals surface area contributed by atoms with Crippen molar-refractivity contribution in [3.8, 4) is 11.8 Å². The van der Waals surface area contributed by atoms with Gasteiger partial charge in [-0.1, -0.05) is 19.1 Å². The molecule has 2 aliphatic heterocycles. The molecular weight excluding hydrogens is 288 g/mol. The Bertz CT molecular complexity index is 535. The molecule has 2 heterocycles. The van der Waals surface area contributed by atoms with E-state index in [2.05, 4.69) is 30.0 Å². The van der Waals surface area contributed by atoms with Crippen molar-refractivity contribution in [3.05, 3.63) is 29.8 Å². The first-order valence-corrected chi connectivity index (χ1v) is 8.74. The summed E-state index contributed by atoms with van der Waals surface area (Å²) in [5.74, 6) is 0.920. The SMILES string of the molecule is CCN1CCC(Oc2ccc(C3(C#N)CCOCC3)cc2)CC1. The monoisotopic (exact) mass is 314 g/mol. The van der Waals surface area contributed by atoms with E-state index in [0.717, 1.165) is 56.6 Å². The van der Waals surface area contributed by atoms with E-state index in [1.54, 1.807) is 0 Å². The topological polar surface area (TPSA) is 45.5 Å². The largest absolute Gasteiger partial charge is 0.490 e. The molecular formula is C19H26N2O2. The zero-order valence-electron chi connectivity index (χ0n) is 14.0. The molecule has 124 valence electrons. The molecule has 2 saturated heterocycles. The molecule has 4 nitrogen and oxygen atoms in total. The Balaban J connectivity index is 1.62. The smallest absolute Gasteiger partial charge is 0.119 e. The second-order valence-electron chi connectivity index (χ2n) is 6.58. The number of nitriles is 1. The van der Waals surface area contributed by atoms with Crippen LogP contribution in [0.4, 0.5) is 0 Å². The third-order valence-corrected chi connectivity index (χ3v) is 5.25. The molecule has 0 bridgehead atoms. The molecule has 0 atom stereocenters. The maximum absolute atomic E-state index is 9.63. The van der Waals surface area contributed by atoms with Gasteiger partial charge in [0.25, 0.3) is 0 Å². The van der Waals surface area contributed by atoms with E-state index in [1.165, 1.54) is 0 Å². The van der Waals surface area contributed by atoms with E-state index in [0.29, 0.717) is 19.3 Å². The number of ether oxygens (including phenoxy) is 2. The van der Waals surface area contributed by atoms with Gasteiger partial charge in [-0.3, -0.25) is 0 Å². The second kappa shape index (κ2) is 7.33. The standard InChI is InChI=1S/C19H26N2O2/c1-2-21-11-7-18(8-12-21)23-17-5-3-16(4-6-17)19(15-20)9-13-22-14-10-19/h3-6,18H,2,7-14H2,1H3. The lowest BCUT2D eigenvalue weighted by atomic mass is 9.75.